The van der Waals surface area contributed by atoms with Crippen LogP contribution in [-0.2, 0) is 28.6 Å². The summed E-state index contributed by atoms with van der Waals surface area (Å²) in [6.45, 7) is 10.6. The Balaban J connectivity index is 0.000000232. The maximum atomic E-state index is 12.4. The molecule has 1 N–H and O–H groups in total. The van der Waals surface area contributed by atoms with Crippen molar-refractivity contribution in [2.75, 3.05) is 0 Å². The third kappa shape index (κ3) is 8.07. The highest BCUT2D eigenvalue weighted by Crippen LogP contribution is 2.39. The molecule has 0 aromatic rings. The van der Waals surface area contributed by atoms with Gasteiger partial charge in [-0.25, -0.2) is 14.4 Å². The predicted octanol–water partition coefficient (Wildman–Crippen LogP) is 5.08. The van der Waals surface area contributed by atoms with Gasteiger partial charge in [-0.15, -0.1) is 0 Å². The summed E-state index contributed by atoms with van der Waals surface area (Å²) in [4.78, 5) is 38.3. The van der Waals surface area contributed by atoms with Gasteiger partial charge in [-0.2, -0.15) is 21.6 Å². The van der Waals surface area contributed by atoms with Gasteiger partial charge in [-0.05, 0) is 79.7 Å². The van der Waals surface area contributed by atoms with Crippen LogP contribution in [0.25, 0.3) is 0 Å². The molecule has 232 valence electrons. The van der Waals surface area contributed by atoms with Gasteiger partial charge in [0.15, 0.2) is 0 Å². The highest BCUT2D eigenvalue weighted by atomic mass is 32.2. The number of carbonyl (C=O) groups excluding carboxylic acids is 2. The zero-order chi connectivity index (χ0) is 31.1. The summed E-state index contributed by atoms with van der Waals surface area (Å²) in [5, 5.41) is 9.01. The lowest BCUT2D eigenvalue weighted by Crippen LogP contribution is -2.46. The quantitative estimate of drug-likeness (QED) is 0.342. The number of aliphatic carboxylic acids is 1. The van der Waals surface area contributed by atoms with E-state index in [1.807, 2.05) is 20.8 Å². The number of nitrogens with zero attached hydrogens (tertiary/aromatic N) is 2. The van der Waals surface area contributed by atoms with Crippen LogP contribution >= 0.6 is 0 Å². The van der Waals surface area contributed by atoms with Crippen LogP contribution in [0.1, 0.15) is 80.1 Å². The van der Waals surface area contributed by atoms with Crippen LogP contribution in [0, 0.1) is 0 Å². The third-order valence-electron chi connectivity index (χ3n) is 6.74. The van der Waals surface area contributed by atoms with E-state index in [9.17, 15) is 36.0 Å². The van der Waals surface area contributed by atoms with Crippen molar-refractivity contribution >= 4 is 28.3 Å². The summed E-state index contributed by atoms with van der Waals surface area (Å²) >= 11 is 0. The Morgan fingerprint density at radius 2 is 1.24 bits per heavy atom. The minimum absolute atomic E-state index is 0.0269. The molecule has 0 saturated carbocycles. The van der Waals surface area contributed by atoms with Gasteiger partial charge in [-0.1, -0.05) is 6.08 Å². The fourth-order valence-corrected chi connectivity index (χ4v) is 5.73. The number of alkyl halides is 3. The van der Waals surface area contributed by atoms with Crippen molar-refractivity contribution in [2.24, 2.45) is 0 Å². The molecule has 4 unspecified atom stereocenters. The van der Waals surface area contributed by atoms with Crippen molar-refractivity contribution in [3.63, 3.8) is 0 Å². The van der Waals surface area contributed by atoms with E-state index in [1.54, 1.807) is 31.7 Å². The van der Waals surface area contributed by atoms with Crippen molar-refractivity contribution in [3.05, 3.63) is 23.5 Å². The molecule has 2 fully saturated rings. The summed E-state index contributed by atoms with van der Waals surface area (Å²) < 4.78 is 74.0. The van der Waals surface area contributed by atoms with E-state index in [-0.39, 0.29) is 30.4 Å². The normalized spacial score (nSPS) is 25.9. The Bertz CT molecular complexity index is 1220. The molecule has 0 aromatic heterocycles. The number of halogens is 3. The Kier molecular flexibility index (Phi) is 9.02. The van der Waals surface area contributed by atoms with Gasteiger partial charge >= 0.3 is 33.8 Å². The molecule has 4 aliphatic heterocycles. The van der Waals surface area contributed by atoms with Crippen molar-refractivity contribution in [2.45, 2.75) is 121 Å². The van der Waals surface area contributed by atoms with Gasteiger partial charge in [0.25, 0.3) is 0 Å². The number of hydrogen-bond donors (Lipinski definition) is 1. The number of carboxylic acids is 1. The van der Waals surface area contributed by atoms with Gasteiger partial charge in [0.05, 0.1) is 12.1 Å². The summed E-state index contributed by atoms with van der Waals surface area (Å²) in [6.07, 6.45) is 5.08. The first kappa shape index (κ1) is 32.5. The van der Waals surface area contributed by atoms with Gasteiger partial charge in [0.2, 0.25) is 0 Å². The van der Waals surface area contributed by atoms with Crippen molar-refractivity contribution in [3.8, 4) is 0 Å². The molecule has 0 spiro atoms. The Morgan fingerprint density at radius 3 is 1.61 bits per heavy atom. The fourth-order valence-electron chi connectivity index (χ4n) is 5.23. The number of carbonyl (C=O) groups is 3. The standard InChI is InChI=1S/C13H18F3NO5S.C13H19NO4/c1-12(2,3)21-11(18)17-8-4-5-9(17)7-10(6-8)22-23(19,20)13(14,15)16;1-13(2,3)18-12(17)14-9-4-5-10(14)7-8(6-9)11(15)16/h6,8-9H,4-5,7H2,1-3H3;6,9-10H,4-5,7H2,1-3H3,(H,15,16). The van der Waals surface area contributed by atoms with Gasteiger partial charge in [0.1, 0.15) is 17.0 Å². The fraction of sp³-hybridized carbons (Fsp3) is 0.731. The topological polar surface area (TPSA) is 140 Å². The molecule has 2 saturated heterocycles. The number of carboxylic acid groups (broad SMARTS) is 1. The van der Waals surface area contributed by atoms with Crippen LogP contribution in [0.3, 0.4) is 0 Å². The molecule has 0 aromatic carbocycles. The zero-order valence-electron chi connectivity index (χ0n) is 23.9. The first-order valence-electron chi connectivity index (χ1n) is 13.3. The first-order valence-corrected chi connectivity index (χ1v) is 14.7. The smallest absolute Gasteiger partial charge is 0.478 e. The van der Waals surface area contributed by atoms with E-state index in [0.29, 0.717) is 24.8 Å². The molecule has 0 aliphatic carbocycles. The van der Waals surface area contributed by atoms with Crippen molar-refractivity contribution in [1.29, 1.82) is 0 Å². The summed E-state index contributed by atoms with van der Waals surface area (Å²) in [7, 11) is -5.69. The van der Waals surface area contributed by atoms with Gasteiger partial charge < -0.3 is 18.8 Å². The Morgan fingerprint density at radius 1 is 0.805 bits per heavy atom. The average Bonchev–Trinajstić information content (AvgIpc) is 3.20. The predicted molar refractivity (Wildman–Crippen MR) is 139 cm³/mol. The van der Waals surface area contributed by atoms with Gasteiger partial charge in [0, 0.05) is 24.1 Å². The molecule has 4 aliphatic rings. The van der Waals surface area contributed by atoms with Crippen molar-refractivity contribution in [1.82, 2.24) is 9.80 Å². The second kappa shape index (κ2) is 11.4. The molecule has 0 radical (unpaired) electrons. The van der Waals surface area contributed by atoms with E-state index >= 15 is 0 Å². The molecule has 2 amide bonds. The third-order valence-corrected chi connectivity index (χ3v) is 7.74. The van der Waals surface area contributed by atoms with Crippen LogP contribution in [0.5, 0.6) is 0 Å². The molecule has 4 bridgehead atoms. The summed E-state index contributed by atoms with van der Waals surface area (Å²) in [6, 6.07) is -1.11. The van der Waals surface area contributed by atoms with Crippen LogP contribution in [0.2, 0.25) is 0 Å². The molecular formula is C26H37F3N2O9S. The minimum Gasteiger partial charge on any atom is -0.478 e. The van der Waals surface area contributed by atoms with E-state index in [4.69, 9.17) is 14.6 Å². The second-order valence-corrected chi connectivity index (χ2v) is 13.9. The van der Waals surface area contributed by atoms with Crippen LogP contribution < -0.4 is 0 Å². The lowest BCUT2D eigenvalue weighted by Gasteiger charge is -2.34. The molecule has 4 atom stereocenters. The highest BCUT2D eigenvalue weighted by Gasteiger charge is 2.50. The number of amides is 2. The van der Waals surface area contributed by atoms with Crippen LogP contribution in [0.4, 0.5) is 22.8 Å². The molecule has 4 heterocycles. The van der Waals surface area contributed by atoms with Crippen LogP contribution in [0.15, 0.2) is 23.5 Å². The molecular weight excluding hydrogens is 573 g/mol. The first-order chi connectivity index (χ1) is 18.6. The molecule has 15 heteroatoms. The minimum atomic E-state index is -5.69. The van der Waals surface area contributed by atoms with Crippen molar-refractivity contribution < 1.29 is 54.7 Å². The highest BCUT2D eigenvalue weighted by molar-refractivity contribution is 7.87. The monoisotopic (exact) mass is 610 g/mol. The number of rotatable bonds is 3. The zero-order valence-corrected chi connectivity index (χ0v) is 24.7. The van der Waals surface area contributed by atoms with Crippen LogP contribution in [-0.4, -0.2) is 82.4 Å². The van der Waals surface area contributed by atoms with E-state index in [1.165, 1.54) is 11.0 Å². The lowest BCUT2D eigenvalue weighted by molar-refractivity contribution is -0.133. The lowest BCUT2D eigenvalue weighted by atomic mass is 10.0. The maximum Gasteiger partial charge on any atom is 0.534 e. The molecule has 11 nitrogen and oxygen atoms in total. The number of hydrogen-bond acceptors (Lipinski definition) is 8. The van der Waals surface area contributed by atoms with E-state index in [0.717, 1.165) is 12.8 Å². The largest absolute Gasteiger partial charge is 0.534 e. The van der Waals surface area contributed by atoms with E-state index < -0.39 is 51.0 Å². The molecule has 41 heavy (non-hydrogen) atoms. The Hall–Kier alpha value is -2.97. The number of ether oxygens (including phenoxy) is 2. The SMILES string of the molecule is CC(C)(C)OC(=O)N1C2C=C(C(=O)O)CC1CC2.CC(C)(C)OC(=O)N1C2C=C(OS(=O)(=O)C(F)(F)F)CC1CC2. The summed E-state index contributed by atoms with van der Waals surface area (Å²) in [5.74, 6) is -1.16. The average molecular weight is 611 g/mol. The Labute approximate surface area is 237 Å². The second-order valence-electron chi connectivity index (χ2n) is 12.4. The van der Waals surface area contributed by atoms with Gasteiger partial charge in [-0.3, -0.25) is 9.80 Å². The van der Waals surface area contributed by atoms with E-state index in [2.05, 4.69) is 4.18 Å². The maximum absolute atomic E-state index is 12.4. The molecule has 4 rings (SSSR count). The number of fused-ring (bicyclic) bond motifs is 4. The summed E-state index contributed by atoms with van der Waals surface area (Å²) in [5.41, 5.74) is -6.28.